The molecule has 1 unspecified atom stereocenters. The summed E-state index contributed by atoms with van der Waals surface area (Å²) in [4.78, 5) is 31.4. The molecule has 32 heavy (non-hydrogen) atoms. The van der Waals surface area contributed by atoms with Crippen LogP contribution in [0.1, 0.15) is 22.7 Å². The van der Waals surface area contributed by atoms with Crippen molar-refractivity contribution in [2.24, 2.45) is 0 Å². The number of Topliss-reactive ketones (excluding diaryl/α,β-unsaturated/α-hetero) is 1. The number of halogens is 2. The summed E-state index contributed by atoms with van der Waals surface area (Å²) < 4.78 is 19.3. The van der Waals surface area contributed by atoms with Crippen molar-refractivity contribution < 1.29 is 23.8 Å². The minimum Gasteiger partial charge on any atom is -0.507 e. The number of carbonyl (C=O) groups excluding carboxylic acids is 2. The molecule has 162 valence electrons. The maximum atomic E-state index is 14.0. The second kappa shape index (κ2) is 8.43. The Morgan fingerprint density at radius 1 is 1.19 bits per heavy atom. The lowest BCUT2D eigenvalue weighted by atomic mass is 9.95. The molecule has 0 saturated carbocycles. The summed E-state index contributed by atoms with van der Waals surface area (Å²) in [5, 5.41) is 11.5. The highest BCUT2D eigenvalue weighted by atomic mass is 35.5. The predicted octanol–water partition coefficient (Wildman–Crippen LogP) is 4.82. The minimum atomic E-state index is -1.03. The fourth-order valence-electron chi connectivity index (χ4n) is 3.84. The van der Waals surface area contributed by atoms with Gasteiger partial charge < -0.3 is 9.84 Å². The molecule has 1 N–H and O–H groups in total. The molecule has 1 aliphatic heterocycles. The third-order valence-electron chi connectivity index (χ3n) is 5.18. The van der Waals surface area contributed by atoms with E-state index in [0.717, 1.165) is 16.5 Å². The second-order valence-corrected chi connectivity index (χ2v) is 7.67. The number of aromatic nitrogens is 1. The highest BCUT2D eigenvalue weighted by Gasteiger charge is 2.47. The van der Waals surface area contributed by atoms with Crippen molar-refractivity contribution in [1.82, 2.24) is 4.98 Å². The summed E-state index contributed by atoms with van der Waals surface area (Å²) >= 11 is 6.27. The third-order valence-corrected chi connectivity index (χ3v) is 5.46. The number of amides is 1. The van der Waals surface area contributed by atoms with Gasteiger partial charge >= 0.3 is 0 Å². The van der Waals surface area contributed by atoms with Gasteiger partial charge in [-0.05, 0) is 54.4 Å². The zero-order chi connectivity index (χ0) is 23.0. The van der Waals surface area contributed by atoms with Gasteiger partial charge in [0.2, 0.25) is 0 Å². The smallest absolute Gasteiger partial charge is 0.300 e. The molecule has 0 aliphatic carbocycles. The van der Waals surface area contributed by atoms with E-state index < -0.39 is 29.3 Å². The number of hydrogen-bond acceptors (Lipinski definition) is 5. The van der Waals surface area contributed by atoms with E-state index in [0.29, 0.717) is 5.56 Å². The van der Waals surface area contributed by atoms with Gasteiger partial charge in [0, 0.05) is 18.1 Å². The average Bonchev–Trinajstić information content (AvgIpc) is 3.04. The van der Waals surface area contributed by atoms with Crippen molar-refractivity contribution in [1.29, 1.82) is 0 Å². The zero-order valence-corrected chi connectivity index (χ0v) is 17.9. The lowest BCUT2D eigenvalue weighted by Crippen LogP contribution is -2.29. The Hall–Kier alpha value is -3.71. The maximum Gasteiger partial charge on any atom is 0.300 e. The van der Waals surface area contributed by atoms with E-state index in [1.165, 1.54) is 31.5 Å². The van der Waals surface area contributed by atoms with Crippen molar-refractivity contribution in [3.05, 3.63) is 94.0 Å². The summed E-state index contributed by atoms with van der Waals surface area (Å²) in [5.41, 5.74) is 1.36. The van der Waals surface area contributed by atoms with Crippen LogP contribution >= 0.6 is 11.6 Å². The molecule has 1 aliphatic rings. The van der Waals surface area contributed by atoms with E-state index in [1.807, 2.05) is 0 Å². The second-order valence-electron chi connectivity index (χ2n) is 7.26. The molecule has 6 nitrogen and oxygen atoms in total. The van der Waals surface area contributed by atoms with Crippen molar-refractivity contribution in [3.63, 3.8) is 0 Å². The van der Waals surface area contributed by atoms with Gasteiger partial charge in [0.1, 0.15) is 17.3 Å². The van der Waals surface area contributed by atoms with E-state index in [-0.39, 0.29) is 27.6 Å². The predicted molar refractivity (Wildman–Crippen MR) is 118 cm³/mol. The van der Waals surface area contributed by atoms with Gasteiger partial charge in [-0.1, -0.05) is 23.7 Å². The molecule has 1 saturated heterocycles. The largest absolute Gasteiger partial charge is 0.507 e. The number of aliphatic hydroxyl groups is 1. The third kappa shape index (κ3) is 3.61. The number of nitrogens with zero attached hydrogens (tertiary/aromatic N) is 2. The molecule has 0 spiro atoms. The van der Waals surface area contributed by atoms with Crippen molar-refractivity contribution in [3.8, 4) is 5.75 Å². The summed E-state index contributed by atoms with van der Waals surface area (Å²) in [6.45, 7) is 1.77. The first-order valence-corrected chi connectivity index (χ1v) is 10.0. The lowest BCUT2D eigenvalue weighted by Gasteiger charge is -2.25. The van der Waals surface area contributed by atoms with Crippen LogP contribution in [0.5, 0.6) is 5.75 Å². The van der Waals surface area contributed by atoms with E-state index >= 15 is 0 Å². The Labute approximate surface area is 188 Å². The molecule has 0 bridgehead atoms. The number of anilines is 1. The number of rotatable bonds is 4. The van der Waals surface area contributed by atoms with Crippen molar-refractivity contribution >= 4 is 34.7 Å². The summed E-state index contributed by atoms with van der Waals surface area (Å²) in [7, 11) is 1.39. The Balaban J connectivity index is 2.01. The van der Waals surface area contributed by atoms with Crippen LogP contribution < -0.4 is 9.64 Å². The first kappa shape index (κ1) is 21.5. The molecule has 3 aromatic rings. The van der Waals surface area contributed by atoms with E-state index in [1.54, 1.807) is 37.4 Å². The highest BCUT2D eigenvalue weighted by Crippen LogP contribution is 2.44. The number of aliphatic hydroxyl groups excluding tert-OH is 1. The van der Waals surface area contributed by atoms with Crippen LogP contribution in [0.3, 0.4) is 0 Å². The fourth-order valence-corrected chi connectivity index (χ4v) is 4.19. The van der Waals surface area contributed by atoms with Crippen LogP contribution in [0.4, 0.5) is 10.1 Å². The maximum absolute atomic E-state index is 14.0. The number of ether oxygens (including phenoxy) is 1. The van der Waals surface area contributed by atoms with Gasteiger partial charge in [-0.25, -0.2) is 4.39 Å². The Bertz CT molecular complexity index is 1260. The first-order chi connectivity index (χ1) is 15.3. The monoisotopic (exact) mass is 452 g/mol. The summed E-state index contributed by atoms with van der Waals surface area (Å²) in [5.74, 6) is -2.67. The molecule has 8 heteroatoms. The Kier molecular flexibility index (Phi) is 5.67. The molecule has 1 fully saturated rings. The van der Waals surface area contributed by atoms with E-state index in [2.05, 4.69) is 4.98 Å². The lowest BCUT2D eigenvalue weighted by molar-refractivity contribution is -0.132. The van der Waals surface area contributed by atoms with Gasteiger partial charge in [-0.15, -0.1) is 0 Å². The van der Waals surface area contributed by atoms with E-state index in [9.17, 15) is 19.1 Å². The molecule has 2 aromatic carbocycles. The number of methoxy groups -OCH3 is 1. The van der Waals surface area contributed by atoms with Gasteiger partial charge in [0.15, 0.2) is 0 Å². The molecule has 2 heterocycles. The number of ketones is 1. The summed E-state index contributed by atoms with van der Waals surface area (Å²) in [6, 6.07) is 10.9. The number of aryl methyl sites for hydroxylation is 1. The van der Waals surface area contributed by atoms with Crippen LogP contribution in [-0.2, 0) is 9.59 Å². The van der Waals surface area contributed by atoms with Gasteiger partial charge in [0.05, 0.1) is 29.3 Å². The normalized spacial score (nSPS) is 17.6. The number of carbonyl (C=O) groups is 2. The van der Waals surface area contributed by atoms with Gasteiger partial charge in [-0.3, -0.25) is 19.5 Å². The van der Waals surface area contributed by atoms with Crippen LogP contribution in [0, 0.1) is 12.7 Å². The quantitative estimate of drug-likeness (QED) is 0.349. The average molecular weight is 453 g/mol. The molecule has 1 atom stereocenters. The number of benzene rings is 2. The fraction of sp³-hybridized carbons (Fsp3) is 0.125. The number of hydrogen-bond donors (Lipinski definition) is 1. The molecule has 0 radical (unpaired) electrons. The SMILES string of the molecule is COc1c(Cl)cc(C)cc1/C(O)=C1\C(=O)C(=O)N(c2cccc(F)c2)C1c1cccnc1. The van der Waals surface area contributed by atoms with Crippen LogP contribution in [0.15, 0.2) is 66.5 Å². The molecule has 1 aromatic heterocycles. The Morgan fingerprint density at radius 3 is 2.62 bits per heavy atom. The van der Waals surface area contributed by atoms with Crippen molar-refractivity contribution in [2.75, 3.05) is 12.0 Å². The standard InChI is InChI=1S/C24H18ClFN2O4/c1-13-9-17(23(32-2)18(25)10-13)21(29)19-20(14-5-4-8-27-12-14)28(24(31)22(19)30)16-7-3-6-15(26)11-16/h3-12,20,29H,1-2H3/b21-19+. The van der Waals surface area contributed by atoms with Crippen LogP contribution in [0.25, 0.3) is 5.76 Å². The van der Waals surface area contributed by atoms with Crippen molar-refractivity contribution in [2.45, 2.75) is 13.0 Å². The van der Waals surface area contributed by atoms with Crippen LogP contribution in [0.2, 0.25) is 5.02 Å². The Morgan fingerprint density at radius 2 is 1.97 bits per heavy atom. The summed E-state index contributed by atoms with van der Waals surface area (Å²) in [6.07, 6.45) is 3.03. The van der Waals surface area contributed by atoms with Crippen LogP contribution in [-0.4, -0.2) is 28.9 Å². The van der Waals surface area contributed by atoms with E-state index in [4.69, 9.17) is 16.3 Å². The molecule has 4 rings (SSSR count). The molecular formula is C24H18ClFN2O4. The van der Waals surface area contributed by atoms with Gasteiger partial charge in [-0.2, -0.15) is 0 Å². The minimum absolute atomic E-state index is 0.164. The molecular weight excluding hydrogens is 435 g/mol. The first-order valence-electron chi connectivity index (χ1n) is 9.64. The molecule has 1 amide bonds. The zero-order valence-electron chi connectivity index (χ0n) is 17.2. The number of pyridine rings is 1. The highest BCUT2D eigenvalue weighted by molar-refractivity contribution is 6.51. The van der Waals surface area contributed by atoms with Gasteiger partial charge in [0.25, 0.3) is 11.7 Å². The topological polar surface area (TPSA) is 79.7 Å².